The summed E-state index contributed by atoms with van der Waals surface area (Å²) >= 11 is 0. The molecular weight excluding hydrogens is 389 g/mol. The van der Waals surface area contributed by atoms with E-state index in [4.69, 9.17) is 10.8 Å². The number of nitrogen functional groups attached to an aromatic ring is 1. The second-order valence-electron chi connectivity index (χ2n) is 5.51. The number of carbonyl (C=O) groups is 1. The van der Waals surface area contributed by atoms with Crippen molar-refractivity contribution in [1.29, 1.82) is 0 Å². The molecule has 0 aliphatic carbocycles. The summed E-state index contributed by atoms with van der Waals surface area (Å²) in [6.07, 6.45) is 0.475. The molecular formula is C18H17BrFN3O2. The lowest BCUT2D eigenvalue weighted by molar-refractivity contribution is -0.741. The minimum Gasteiger partial charge on any atom is -1.00 e. The summed E-state index contributed by atoms with van der Waals surface area (Å²) in [5, 5.41) is 15.0. The minimum atomic E-state index is -0.854. The van der Waals surface area contributed by atoms with Gasteiger partial charge in [-0.3, -0.25) is 4.79 Å². The quantitative estimate of drug-likeness (QED) is 0.575. The summed E-state index contributed by atoms with van der Waals surface area (Å²) in [5.41, 5.74) is 7.65. The highest BCUT2D eigenvalue weighted by atomic mass is 79.9. The Kier molecular flexibility index (Phi) is 6.03. The van der Waals surface area contributed by atoms with Gasteiger partial charge in [-0.25, -0.2) is 4.39 Å². The summed E-state index contributed by atoms with van der Waals surface area (Å²) in [6, 6.07) is 13.7. The van der Waals surface area contributed by atoms with Gasteiger partial charge < -0.3 is 27.8 Å². The van der Waals surface area contributed by atoms with Crippen LogP contribution >= 0.6 is 0 Å². The number of aliphatic carboxylic acids is 1. The molecule has 3 aromatic rings. The second kappa shape index (κ2) is 8.02. The number of rotatable bonds is 5. The number of hydrogen-bond donors (Lipinski definition) is 2. The van der Waals surface area contributed by atoms with Crippen molar-refractivity contribution in [3.63, 3.8) is 0 Å². The largest absolute Gasteiger partial charge is 1.00 e. The van der Waals surface area contributed by atoms with E-state index in [0.717, 1.165) is 22.0 Å². The minimum absolute atomic E-state index is 0. The lowest BCUT2D eigenvalue weighted by Crippen LogP contribution is -3.00. The second-order valence-corrected chi connectivity index (χ2v) is 5.51. The van der Waals surface area contributed by atoms with Crippen molar-refractivity contribution in [2.45, 2.75) is 19.4 Å². The van der Waals surface area contributed by atoms with Gasteiger partial charge in [0.2, 0.25) is 5.69 Å². The molecule has 2 aromatic carbocycles. The number of aryl methyl sites for hydroxylation is 1. The molecule has 0 saturated heterocycles. The highest BCUT2D eigenvalue weighted by molar-refractivity contribution is 5.98. The third-order valence-corrected chi connectivity index (χ3v) is 3.82. The lowest BCUT2D eigenvalue weighted by atomic mass is 10.0. The van der Waals surface area contributed by atoms with Crippen LogP contribution in [0.25, 0.3) is 22.0 Å². The summed E-state index contributed by atoms with van der Waals surface area (Å²) in [7, 11) is 0. The van der Waals surface area contributed by atoms with Crippen molar-refractivity contribution < 1.29 is 36.0 Å². The third-order valence-electron chi connectivity index (χ3n) is 3.82. The predicted molar refractivity (Wildman–Crippen MR) is 88.6 cm³/mol. The lowest BCUT2D eigenvalue weighted by Gasteiger charge is -2.08. The Balaban J connectivity index is 0.00000225. The van der Waals surface area contributed by atoms with Crippen LogP contribution in [-0.2, 0) is 11.3 Å². The van der Waals surface area contributed by atoms with E-state index in [1.165, 1.54) is 12.1 Å². The number of halogens is 2. The molecule has 0 spiro atoms. The van der Waals surface area contributed by atoms with E-state index in [0.29, 0.717) is 18.8 Å². The van der Waals surface area contributed by atoms with Crippen molar-refractivity contribution in [3.8, 4) is 11.3 Å². The van der Waals surface area contributed by atoms with Crippen molar-refractivity contribution >= 4 is 22.6 Å². The van der Waals surface area contributed by atoms with Gasteiger partial charge in [0.15, 0.2) is 12.4 Å². The van der Waals surface area contributed by atoms with Crippen LogP contribution in [0.15, 0.2) is 48.5 Å². The van der Waals surface area contributed by atoms with Gasteiger partial charge in [-0.05, 0) is 30.3 Å². The average Bonchev–Trinajstić information content (AvgIpc) is 2.56. The van der Waals surface area contributed by atoms with Crippen LogP contribution in [0.3, 0.4) is 0 Å². The number of benzene rings is 2. The highest BCUT2D eigenvalue weighted by Crippen LogP contribution is 2.27. The molecule has 0 saturated carbocycles. The SMILES string of the molecule is Nc1n[n+](CCCC(=O)O)c(-c2ccc(F)cc2)c2ccccc12.[Br-]. The van der Waals surface area contributed by atoms with Crippen LogP contribution in [0.5, 0.6) is 0 Å². The molecule has 1 heterocycles. The van der Waals surface area contributed by atoms with Gasteiger partial charge in [-0.2, -0.15) is 0 Å². The fraction of sp³-hybridized carbons (Fsp3) is 0.167. The van der Waals surface area contributed by atoms with E-state index in [1.807, 2.05) is 24.3 Å². The molecule has 7 heteroatoms. The Bertz CT molecular complexity index is 901. The highest BCUT2D eigenvalue weighted by Gasteiger charge is 2.22. The van der Waals surface area contributed by atoms with Crippen molar-refractivity contribution in [1.82, 2.24) is 5.10 Å². The van der Waals surface area contributed by atoms with Crippen molar-refractivity contribution in [2.24, 2.45) is 0 Å². The molecule has 0 fully saturated rings. The van der Waals surface area contributed by atoms with Gasteiger partial charge in [0.05, 0.1) is 11.8 Å². The Morgan fingerprint density at radius 3 is 2.40 bits per heavy atom. The van der Waals surface area contributed by atoms with Crippen LogP contribution in [0.1, 0.15) is 12.8 Å². The van der Waals surface area contributed by atoms with Crippen LogP contribution in [0.4, 0.5) is 10.2 Å². The topological polar surface area (TPSA) is 80.1 Å². The van der Waals surface area contributed by atoms with Gasteiger partial charge >= 0.3 is 5.97 Å². The molecule has 25 heavy (non-hydrogen) atoms. The maximum Gasteiger partial charge on any atom is 0.303 e. The first-order valence-electron chi connectivity index (χ1n) is 7.62. The van der Waals surface area contributed by atoms with Gasteiger partial charge in [0, 0.05) is 22.5 Å². The standard InChI is InChI=1S/C18H16FN3O2.BrH/c19-13-9-7-12(8-10-13)17-14-4-1-2-5-15(14)18(20)21-22(17)11-3-6-16(23)24;/h1-2,4-5,7-10H,3,6,11H2,(H2-,20,21,23,24);1H. The number of hydrogen-bond acceptors (Lipinski definition) is 3. The average molecular weight is 406 g/mol. The predicted octanol–water partition coefficient (Wildman–Crippen LogP) is -0.221. The maximum atomic E-state index is 13.3. The fourth-order valence-corrected chi connectivity index (χ4v) is 2.74. The molecule has 3 rings (SSSR count). The first kappa shape index (κ1) is 18.8. The van der Waals surface area contributed by atoms with Crippen LogP contribution in [0, 0.1) is 5.82 Å². The first-order chi connectivity index (χ1) is 11.6. The molecule has 0 unspecified atom stereocenters. The molecule has 0 radical (unpaired) electrons. The van der Waals surface area contributed by atoms with E-state index in [-0.39, 0.29) is 29.2 Å². The van der Waals surface area contributed by atoms with Crippen LogP contribution in [0.2, 0.25) is 0 Å². The van der Waals surface area contributed by atoms with Gasteiger partial charge in [0.25, 0.3) is 0 Å². The number of fused-ring (bicyclic) bond motifs is 1. The first-order valence-corrected chi connectivity index (χ1v) is 7.62. The number of carboxylic acid groups (broad SMARTS) is 1. The normalized spacial score (nSPS) is 10.4. The smallest absolute Gasteiger partial charge is 0.303 e. The zero-order valence-electron chi connectivity index (χ0n) is 13.3. The number of carboxylic acids is 1. The summed E-state index contributed by atoms with van der Waals surface area (Å²) in [6.45, 7) is 0.411. The number of anilines is 1. The van der Waals surface area contributed by atoms with Gasteiger partial charge in [-0.15, -0.1) is 0 Å². The number of nitrogens with zero attached hydrogens (tertiary/aromatic N) is 2. The molecule has 0 aliphatic heterocycles. The summed E-state index contributed by atoms with van der Waals surface area (Å²) in [5.74, 6) is -0.789. The molecule has 5 nitrogen and oxygen atoms in total. The molecule has 1 aromatic heterocycles. The van der Waals surface area contributed by atoms with Crippen molar-refractivity contribution in [3.05, 3.63) is 54.3 Å². The maximum absolute atomic E-state index is 13.3. The zero-order valence-corrected chi connectivity index (χ0v) is 14.9. The molecule has 0 amide bonds. The Morgan fingerprint density at radius 1 is 1.12 bits per heavy atom. The van der Waals surface area contributed by atoms with Crippen LogP contribution < -0.4 is 27.4 Å². The summed E-state index contributed by atoms with van der Waals surface area (Å²) < 4.78 is 15.0. The molecule has 0 aliphatic rings. The Hall–Kier alpha value is -2.54. The molecule has 130 valence electrons. The van der Waals surface area contributed by atoms with E-state index in [1.54, 1.807) is 16.8 Å². The molecule has 0 atom stereocenters. The van der Waals surface area contributed by atoms with E-state index >= 15 is 0 Å². The third kappa shape index (κ3) is 4.11. The molecule has 0 bridgehead atoms. The van der Waals surface area contributed by atoms with Crippen molar-refractivity contribution in [2.75, 3.05) is 5.73 Å². The van der Waals surface area contributed by atoms with E-state index < -0.39 is 5.97 Å². The Morgan fingerprint density at radius 2 is 1.76 bits per heavy atom. The van der Waals surface area contributed by atoms with Gasteiger partial charge in [-0.1, -0.05) is 22.9 Å². The van der Waals surface area contributed by atoms with E-state index in [2.05, 4.69) is 5.10 Å². The zero-order chi connectivity index (χ0) is 17.1. The summed E-state index contributed by atoms with van der Waals surface area (Å²) in [4.78, 5) is 10.8. The van der Waals surface area contributed by atoms with Gasteiger partial charge in [0.1, 0.15) is 5.82 Å². The number of nitrogens with two attached hydrogens (primary N) is 1. The van der Waals surface area contributed by atoms with E-state index in [9.17, 15) is 9.18 Å². The molecule has 3 N–H and O–H groups in total. The van der Waals surface area contributed by atoms with Crippen LogP contribution in [-0.4, -0.2) is 16.2 Å². The monoisotopic (exact) mass is 405 g/mol. The Labute approximate surface area is 154 Å². The fourth-order valence-electron chi connectivity index (χ4n) is 2.74. The number of aromatic nitrogens is 2.